The van der Waals surface area contributed by atoms with Crippen LogP contribution in [0.3, 0.4) is 0 Å². The van der Waals surface area contributed by atoms with Gasteiger partial charge in [-0.3, -0.25) is 19.5 Å². The van der Waals surface area contributed by atoms with E-state index in [1.165, 1.54) is 28.7 Å². The number of anilines is 1. The lowest BCUT2D eigenvalue weighted by atomic mass is 10.0. The lowest BCUT2D eigenvalue weighted by Gasteiger charge is -2.22. The zero-order valence-corrected chi connectivity index (χ0v) is 20.9. The average molecular weight is 497 g/mol. The molecule has 6 nitrogen and oxygen atoms in total. The molecule has 1 aliphatic rings. The van der Waals surface area contributed by atoms with Crippen LogP contribution < -0.4 is 5.32 Å². The zero-order chi connectivity index (χ0) is 25.9. The van der Waals surface area contributed by atoms with Crippen molar-refractivity contribution in [2.75, 3.05) is 11.9 Å². The minimum atomic E-state index is -0.591. The summed E-state index contributed by atoms with van der Waals surface area (Å²) in [5.74, 6) is -0.701. The number of nitrogens with zero attached hydrogens (tertiary/aromatic N) is 3. The predicted molar refractivity (Wildman–Crippen MR) is 142 cm³/mol. The Morgan fingerprint density at radius 3 is 2.32 bits per heavy atom. The third kappa shape index (κ3) is 5.45. The Labute approximate surface area is 215 Å². The maximum atomic E-state index is 14.3. The molecule has 0 spiro atoms. The summed E-state index contributed by atoms with van der Waals surface area (Å²) in [5.41, 5.74) is 3.68. The summed E-state index contributed by atoms with van der Waals surface area (Å²) in [5, 5.41) is 2.90. The van der Waals surface area contributed by atoms with Crippen LogP contribution in [0.1, 0.15) is 48.5 Å². The first-order chi connectivity index (χ1) is 17.9. The molecule has 1 aliphatic carbocycles. The Balaban J connectivity index is 1.42. The molecule has 7 heteroatoms. The molecule has 1 aromatic heterocycles. The lowest BCUT2D eigenvalue weighted by Crippen LogP contribution is -2.40. The maximum Gasteiger partial charge on any atom is 0.257 e. The van der Waals surface area contributed by atoms with Gasteiger partial charge in [0.1, 0.15) is 12.4 Å². The van der Waals surface area contributed by atoms with Crippen molar-refractivity contribution >= 4 is 17.8 Å². The number of carbonyl (C=O) groups excluding carboxylic acids is 2. The van der Waals surface area contributed by atoms with Gasteiger partial charge in [0.05, 0.1) is 11.3 Å². The van der Waals surface area contributed by atoms with Gasteiger partial charge in [0, 0.05) is 23.5 Å². The number of hydrogen-bond donors (Lipinski definition) is 1. The second-order valence-electron chi connectivity index (χ2n) is 9.62. The highest BCUT2D eigenvalue weighted by Gasteiger charge is 2.35. The van der Waals surface area contributed by atoms with E-state index in [1.54, 1.807) is 6.07 Å². The molecule has 0 bridgehead atoms. The van der Waals surface area contributed by atoms with Gasteiger partial charge in [-0.05, 0) is 48.6 Å². The van der Waals surface area contributed by atoms with E-state index in [-0.39, 0.29) is 24.1 Å². The Bertz CT molecular complexity index is 1410. The van der Waals surface area contributed by atoms with Crippen molar-refractivity contribution in [3.05, 3.63) is 102 Å². The molecule has 5 rings (SSSR count). The van der Waals surface area contributed by atoms with Gasteiger partial charge >= 0.3 is 0 Å². The highest BCUT2D eigenvalue weighted by molar-refractivity contribution is 5.99. The second-order valence-corrected chi connectivity index (χ2v) is 9.62. The first-order valence-corrected chi connectivity index (χ1v) is 12.5. The maximum absolute atomic E-state index is 14.3. The summed E-state index contributed by atoms with van der Waals surface area (Å²) in [7, 11) is 0. The van der Waals surface area contributed by atoms with E-state index in [0.717, 1.165) is 24.1 Å². The predicted octanol–water partition coefficient (Wildman–Crippen LogP) is 6.05. The van der Waals surface area contributed by atoms with E-state index in [0.29, 0.717) is 17.6 Å². The fourth-order valence-corrected chi connectivity index (χ4v) is 4.29. The highest BCUT2D eigenvalue weighted by atomic mass is 19.1. The Hall–Kier alpha value is -4.26. The van der Waals surface area contributed by atoms with E-state index < -0.39 is 11.7 Å². The molecular weight excluding hydrogens is 467 g/mol. The van der Waals surface area contributed by atoms with Crippen LogP contribution in [0.2, 0.25) is 0 Å². The smallest absolute Gasteiger partial charge is 0.257 e. The molecule has 0 atom stereocenters. The summed E-state index contributed by atoms with van der Waals surface area (Å²) < 4.78 is 16.1. The summed E-state index contributed by atoms with van der Waals surface area (Å²) in [6.45, 7) is 4.09. The van der Waals surface area contributed by atoms with Crippen LogP contribution in [0.4, 0.5) is 10.3 Å². The number of aromatic nitrogens is 2. The lowest BCUT2D eigenvalue weighted by molar-refractivity contribution is -0.117. The number of nitrogens with one attached hydrogen (secondary N) is 1. The summed E-state index contributed by atoms with van der Waals surface area (Å²) in [4.78, 5) is 32.4. The number of halogens is 1. The van der Waals surface area contributed by atoms with Crippen molar-refractivity contribution in [3.8, 4) is 16.9 Å². The molecule has 0 saturated heterocycles. The van der Waals surface area contributed by atoms with Crippen molar-refractivity contribution in [3.63, 3.8) is 0 Å². The van der Waals surface area contributed by atoms with Gasteiger partial charge in [-0.1, -0.05) is 68.4 Å². The molecule has 1 N–H and O–H groups in total. The first kappa shape index (κ1) is 24.4. The summed E-state index contributed by atoms with van der Waals surface area (Å²) >= 11 is 0. The van der Waals surface area contributed by atoms with Crippen molar-refractivity contribution in [2.24, 2.45) is 0 Å². The van der Waals surface area contributed by atoms with Gasteiger partial charge < -0.3 is 4.90 Å². The van der Waals surface area contributed by atoms with Gasteiger partial charge in [0.15, 0.2) is 0 Å². The van der Waals surface area contributed by atoms with Crippen LogP contribution in [0.25, 0.3) is 16.9 Å². The standard InChI is InChI=1S/C30H29FN4O2/c1-20(2)21-12-14-24(15-13-21)35-18-27(22-8-4-3-5-9-22)32-30(35)33-28(36)19-34(23-16-17-23)29(37)25-10-6-7-11-26(25)31/h3-15,18,20,23H,16-17,19H2,1-2H3,(H,32,33,36). The van der Waals surface area contributed by atoms with E-state index in [4.69, 9.17) is 4.98 Å². The monoisotopic (exact) mass is 496 g/mol. The quantitative estimate of drug-likeness (QED) is 0.323. The second kappa shape index (κ2) is 10.4. The fraction of sp³-hybridized carbons (Fsp3) is 0.233. The number of imidazole rings is 1. The minimum Gasteiger partial charge on any atom is -0.326 e. The number of hydrogen-bond acceptors (Lipinski definition) is 3. The third-order valence-electron chi connectivity index (χ3n) is 6.53. The van der Waals surface area contributed by atoms with Crippen LogP contribution in [-0.4, -0.2) is 38.9 Å². The number of carbonyl (C=O) groups is 2. The largest absolute Gasteiger partial charge is 0.326 e. The van der Waals surface area contributed by atoms with Crippen LogP contribution in [0, 0.1) is 5.82 Å². The highest BCUT2D eigenvalue weighted by Crippen LogP contribution is 2.29. The Kier molecular flexibility index (Phi) is 6.86. The SMILES string of the molecule is CC(C)c1ccc(-n2cc(-c3ccccc3)nc2NC(=O)CN(C(=O)c2ccccc2F)C2CC2)cc1. The summed E-state index contributed by atoms with van der Waals surface area (Å²) in [6, 6.07) is 23.7. The number of benzene rings is 3. The van der Waals surface area contributed by atoms with Gasteiger partial charge in [-0.25, -0.2) is 9.37 Å². The molecule has 37 heavy (non-hydrogen) atoms. The van der Waals surface area contributed by atoms with Crippen molar-refractivity contribution in [1.82, 2.24) is 14.5 Å². The Morgan fingerprint density at radius 2 is 1.68 bits per heavy atom. The molecule has 2 amide bonds. The van der Waals surface area contributed by atoms with Crippen LogP contribution in [0.5, 0.6) is 0 Å². The van der Waals surface area contributed by atoms with E-state index in [1.807, 2.05) is 53.2 Å². The zero-order valence-electron chi connectivity index (χ0n) is 20.9. The molecule has 1 heterocycles. The third-order valence-corrected chi connectivity index (χ3v) is 6.53. The van der Waals surface area contributed by atoms with Crippen molar-refractivity contribution in [2.45, 2.75) is 38.6 Å². The topological polar surface area (TPSA) is 67.2 Å². The normalized spacial score (nSPS) is 13.0. The van der Waals surface area contributed by atoms with Crippen molar-refractivity contribution in [1.29, 1.82) is 0 Å². The number of amides is 2. The van der Waals surface area contributed by atoms with Gasteiger partial charge in [0.2, 0.25) is 11.9 Å². The fourth-order valence-electron chi connectivity index (χ4n) is 4.29. The van der Waals surface area contributed by atoms with Crippen LogP contribution in [0.15, 0.2) is 85.1 Å². The molecular formula is C30H29FN4O2. The molecule has 0 aliphatic heterocycles. The van der Waals surface area contributed by atoms with Gasteiger partial charge in [-0.2, -0.15) is 0 Å². The number of rotatable bonds is 8. The molecule has 1 fully saturated rings. The minimum absolute atomic E-state index is 0.0275. The molecule has 0 radical (unpaired) electrons. The van der Waals surface area contributed by atoms with Gasteiger partial charge in [0.25, 0.3) is 5.91 Å². The van der Waals surface area contributed by atoms with E-state index in [9.17, 15) is 14.0 Å². The molecule has 188 valence electrons. The molecule has 3 aromatic carbocycles. The van der Waals surface area contributed by atoms with E-state index in [2.05, 4.69) is 31.3 Å². The molecule has 4 aromatic rings. The summed E-state index contributed by atoms with van der Waals surface area (Å²) in [6.07, 6.45) is 3.48. The van der Waals surface area contributed by atoms with Crippen LogP contribution in [-0.2, 0) is 4.79 Å². The van der Waals surface area contributed by atoms with Gasteiger partial charge in [-0.15, -0.1) is 0 Å². The van der Waals surface area contributed by atoms with Crippen LogP contribution >= 0.6 is 0 Å². The van der Waals surface area contributed by atoms with E-state index >= 15 is 0 Å². The first-order valence-electron chi connectivity index (χ1n) is 12.5. The molecule has 0 unspecified atom stereocenters. The molecule has 1 saturated carbocycles. The average Bonchev–Trinajstić information content (AvgIpc) is 3.67. The van der Waals surface area contributed by atoms with Crippen molar-refractivity contribution < 1.29 is 14.0 Å². The Morgan fingerprint density at radius 1 is 1.00 bits per heavy atom.